The Morgan fingerprint density at radius 3 is 2.89 bits per heavy atom. The summed E-state index contributed by atoms with van der Waals surface area (Å²) in [6.07, 6.45) is 6.41. The maximum atomic E-state index is 11.8. The van der Waals surface area contributed by atoms with Crippen LogP contribution in [0.2, 0.25) is 0 Å². The molecule has 1 aromatic heterocycles. The second kappa shape index (κ2) is 5.85. The molecule has 98 valence electrons. The first-order valence-corrected chi connectivity index (χ1v) is 6.55. The maximum Gasteiger partial charge on any atom is 0.312 e. The number of aromatic nitrogens is 1. The van der Waals surface area contributed by atoms with Crippen LogP contribution >= 0.6 is 0 Å². The number of hydrogen-bond donors (Lipinski definition) is 1. The molecule has 2 unspecified atom stereocenters. The van der Waals surface area contributed by atoms with Crippen molar-refractivity contribution >= 4 is 11.7 Å². The Morgan fingerprint density at radius 2 is 2.22 bits per heavy atom. The number of carbonyl (C=O) groups is 1. The number of esters is 1. The summed E-state index contributed by atoms with van der Waals surface area (Å²) in [4.78, 5) is 15.9. The third-order valence-electron chi connectivity index (χ3n) is 3.49. The van der Waals surface area contributed by atoms with Gasteiger partial charge in [-0.15, -0.1) is 0 Å². The second-order valence-corrected chi connectivity index (χ2v) is 5.05. The van der Waals surface area contributed by atoms with Gasteiger partial charge in [0.05, 0.1) is 24.0 Å². The van der Waals surface area contributed by atoms with Crippen molar-refractivity contribution in [3.63, 3.8) is 0 Å². The molecule has 0 radical (unpaired) electrons. The number of ether oxygens (including phenoxy) is 1. The van der Waals surface area contributed by atoms with Crippen LogP contribution in [0.1, 0.15) is 38.3 Å². The molecule has 1 saturated carbocycles. The van der Waals surface area contributed by atoms with Crippen molar-refractivity contribution in [2.75, 3.05) is 5.73 Å². The van der Waals surface area contributed by atoms with E-state index in [2.05, 4.69) is 11.9 Å². The summed E-state index contributed by atoms with van der Waals surface area (Å²) in [5, 5.41) is 0. The fourth-order valence-corrected chi connectivity index (χ4v) is 2.36. The molecule has 0 bridgehead atoms. The summed E-state index contributed by atoms with van der Waals surface area (Å²) >= 11 is 0. The molecular formula is C14H20N2O2. The highest BCUT2D eigenvalue weighted by Crippen LogP contribution is 2.26. The molecule has 18 heavy (non-hydrogen) atoms. The van der Waals surface area contributed by atoms with Crippen LogP contribution in [-0.4, -0.2) is 17.1 Å². The Balaban J connectivity index is 1.86. The zero-order valence-corrected chi connectivity index (χ0v) is 10.8. The molecule has 2 rings (SSSR count). The average molecular weight is 248 g/mol. The molecular weight excluding hydrogens is 228 g/mol. The first-order valence-electron chi connectivity index (χ1n) is 6.55. The number of anilines is 1. The molecule has 0 saturated heterocycles. The lowest BCUT2D eigenvalue weighted by atomic mass is 9.88. The number of nitrogens with two attached hydrogens (primary N) is 1. The van der Waals surface area contributed by atoms with E-state index in [1.807, 2.05) is 0 Å². The standard InChI is InChI=1S/C14H20N2O2/c1-10-4-2-3-5-13(10)18-14(17)8-12-7-6-11(15)9-16-12/h6-7,9-10,13H,2-5,8,15H2,1H3. The van der Waals surface area contributed by atoms with E-state index in [4.69, 9.17) is 10.5 Å². The quantitative estimate of drug-likeness (QED) is 0.834. The van der Waals surface area contributed by atoms with E-state index in [-0.39, 0.29) is 18.5 Å². The van der Waals surface area contributed by atoms with Crippen molar-refractivity contribution in [2.45, 2.75) is 45.1 Å². The number of nitrogen functional groups attached to an aromatic ring is 1. The molecule has 1 fully saturated rings. The number of hydrogen-bond acceptors (Lipinski definition) is 4. The van der Waals surface area contributed by atoms with Gasteiger partial charge in [0, 0.05) is 0 Å². The van der Waals surface area contributed by atoms with Gasteiger partial charge in [-0.3, -0.25) is 9.78 Å². The zero-order chi connectivity index (χ0) is 13.0. The van der Waals surface area contributed by atoms with Crippen molar-refractivity contribution in [1.82, 2.24) is 4.98 Å². The molecule has 1 aromatic rings. The van der Waals surface area contributed by atoms with E-state index in [9.17, 15) is 4.79 Å². The van der Waals surface area contributed by atoms with E-state index >= 15 is 0 Å². The van der Waals surface area contributed by atoms with Gasteiger partial charge in [0.15, 0.2) is 0 Å². The van der Waals surface area contributed by atoms with E-state index in [1.165, 1.54) is 6.42 Å². The Bertz CT molecular complexity index is 403. The summed E-state index contributed by atoms with van der Waals surface area (Å²) in [6, 6.07) is 3.51. The summed E-state index contributed by atoms with van der Waals surface area (Å²) in [6.45, 7) is 2.15. The van der Waals surface area contributed by atoms with Crippen LogP contribution in [0, 0.1) is 5.92 Å². The van der Waals surface area contributed by atoms with Gasteiger partial charge in [0.25, 0.3) is 0 Å². The van der Waals surface area contributed by atoms with Crippen molar-refractivity contribution in [2.24, 2.45) is 5.92 Å². The number of pyridine rings is 1. The number of nitrogens with zero attached hydrogens (tertiary/aromatic N) is 1. The molecule has 4 heteroatoms. The second-order valence-electron chi connectivity index (χ2n) is 5.05. The van der Waals surface area contributed by atoms with Gasteiger partial charge in [0.1, 0.15) is 6.10 Å². The largest absolute Gasteiger partial charge is 0.462 e. The molecule has 2 N–H and O–H groups in total. The normalized spacial score (nSPS) is 23.6. The van der Waals surface area contributed by atoms with E-state index < -0.39 is 0 Å². The summed E-state index contributed by atoms with van der Waals surface area (Å²) < 4.78 is 5.53. The van der Waals surface area contributed by atoms with Crippen molar-refractivity contribution in [1.29, 1.82) is 0 Å². The van der Waals surface area contributed by atoms with E-state index in [0.29, 0.717) is 17.3 Å². The smallest absolute Gasteiger partial charge is 0.312 e. The summed E-state index contributed by atoms with van der Waals surface area (Å²) in [7, 11) is 0. The highest BCUT2D eigenvalue weighted by Gasteiger charge is 2.24. The van der Waals surface area contributed by atoms with Crippen LogP contribution in [0.15, 0.2) is 18.3 Å². The molecule has 1 aliphatic carbocycles. The zero-order valence-electron chi connectivity index (χ0n) is 10.8. The minimum absolute atomic E-state index is 0.0834. The van der Waals surface area contributed by atoms with Crippen molar-refractivity contribution in [3.8, 4) is 0 Å². The Hall–Kier alpha value is -1.58. The maximum absolute atomic E-state index is 11.8. The molecule has 0 aliphatic heterocycles. The third kappa shape index (κ3) is 3.45. The van der Waals surface area contributed by atoms with Crippen molar-refractivity contribution in [3.05, 3.63) is 24.0 Å². The fraction of sp³-hybridized carbons (Fsp3) is 0.571. The Labute approximate surface area is 108 Å². The fourth-order valence-electron chi connectivity index (χ4n) is 2.36. The van der Waals surface area contributed by atoms with E-state index in [1.54, 1.807) is 18.3 Å². The minimum atomic E-state index is -0.189. The Kier molecular flexibility index (Phi) is 4.18. The predicted molar refractivity (Wildman–Crippen MR) is 69.9 cm³/mol. The molecule has 1 heterocycles. The highest BCUT2D eigenvalue weighted by atomic mass is 16.5. The van der Waals surface area contributed by atoms with Crippen molar-refractivity contribution < 1.29 is 9.53 Å². The predicted octanol–water partition coefficient (Wildman–Crippen LogP) is 2.33. The average Bonchev–Trinajstić information content (AvgIpc) is 2.35. The monoisotopic (exact) mass is 248 g/mol. The SMILES string of the molecule is CC1CCCCC1OC(=O)Cc1ccc(N)cn1. The lowest BCUT2D eigenvalue weighted by molar-refractivity contribution is -0.152. The van der Waals surface area contributed by atoms with E-state index in [0.717, 1.165) is 19.3 Å². The Morgan fingerprint density at radius 1 is 1.44 bits per heavy atom. The van der Waals surface area contributed by atoms with Gasteiger partial charge in [-0.25, -0.2) is 0 Å². The van der Waals surface area contributed by atoms with Crippen LogP contribution < -0.4 is 5.73 Å². The minimum Gasteiger partial charge on any atom is -0.462 e. The topological polar surface area (TPSA) is 65.2 Å². The van der Waals surface area contributed by atoms with Crippen LogP contribution in [0.4, 0.5) is 5.69 Å². The lowest BCUT2D eigenvalue weighted by Gasteiger charge is -2.28. The van der Waals surface area contributed by atoms with Gasteiger partial charge in [-0.1, -0.05) is 13.3 Å². The van der Waals surface area contributed by atoms with Crippen LogP contribution in [0.25, 0.3) is 0 Å². The van der Waals surface area contributed by atoms with Gasteiger partial charge in [0.2, 0.25) is 0 Å². The van der Waals surface area contributed by atoms with Gasteiger partial charge in [-0.05, 0) is 37.3 Å². The third-order valence-corrected chi connectivity index (χ3v) is 3.49. The highest BCUT2D eigenvalue weighted by molar-refractivity contribution is 5.72. The molecule has 0 amide bonds. The van der Waals surface area contributed by atoms with Gasteiger partial charge >= 0.3 is 5.97 Å². The molecule has 2 atom stereocenters. The van der Waals surface area contributed by atoms with Gasteiger partial charge < -0.3 is 10.5 Å². The lowest BCUT2D eigenvalue weighted by Crippen LogP contribution is -2.29. The molecule has 0 spiro atoms. The molecule has 0 aromatic carbocycles. The number of carbonyl (C=O) groups excluding carboxylic acids is 1. The first kappa shape index (κ1) is 12.9. The van der Waals surface area contributed by atoms with Gasteiger partial charge in [-0.2, -0.15) is 0 Å². The first-order chi connectivity index (χ1) is 8.65. The molecule has 1 aliphatic rings. The molecule has 4 nitrogen and oxygen atoms in total. The van der Waals surface area contributed by atoms with Crippen LogP contribution in [0.3, 0.4) is 0 Å². The van der Waals surface area contributed by atoms with Crippen LogP contribution in [0.5, 0.6) is 0 Å². The van der Waals surface area contributed by atoms with Crippen LogP contribution in [-0.2, 0) is 16.0 Å². The summed E-state index contributed by atoms with van der Waals surface area (Å²) in [5.74, 6) is 0.285. The summed E-state index contributed by atoms with van der Waals surface area (Å²) in [5.41, 5.74) is 6.86. The number of rotatable bonds is 3.